The molecule has 0 spiro atoms. The normalized spacial score (nSPS) is 12.1. The van der Waals surface area contributed by atoms with Crippen LogP contribution >= 0.6 is 0 Å². The lowest BCUT2D eigenvalue weighted by atomic mass is 10.1. The zero-order valence-electron chi connectivity index (χ0n) is 7.31. The second-order valence-corrected chi connectivity index (χ2v) is 2.73. The van der Waals surface area contributed by atoms with Crippen LogP contribution in [0.1, 0.15) is 11.6 Å². The van der Waals surface area contributed by atoms with Gasteiger partial charge in [-0.2, -0.15) is 4.39 Å². The first-order chi connectivity index (χ1) is 6.56. The smallest absolute Gasteiger partial charge is 0.304 e. The quantitative estimate of drug-likeness (QED) is 0.456. The highest BCUT2D eigenvalue weighted by atomic mass is 19.1. The number of hydrogen-bond acceptors (Lipinski definition) is 3. The Morgan fingerprint density at radius 1 is 1.64 bits per heavy atom. The molecule has 1 rings (SSSR count). The number of benzene rings is 1. The Hall–Kier alpha value is -1.75. The minimum Gasteiger partial charge on any atom is -0.321 e. The summed E-state index contributed by atoms with van der Waals surface area (Å²) in [6.45, 7) is 3.44. The van der Waals surface area contributed by atoms with E-state index in [9.17, 15) is 14.5 Å². The predicted octanol–water partition coefficient (Wildman–Crippen LogP) is 1.92. The van der Waals surface area contributed by atoms with Crippen molar-refractivity contribution in [1.29, 1.82) is 0 Å². The molecule has 5 heteroatoms. The average molecular weight is 196 g/mol. The predicted molar refractivity (Wildman–Crippen MR) is 50.2 cm³/mol. The van der Waals surface area contributed by atoms with E-state index in [0.29, 0.717) is 5.56 Å². The van der Waals surface area contributed by atoms with Crippen molar-refractivity contribution in [1.82, 2.24) is 0 Å². The minimum atomic E-state index is -0.884. The Kier molecular flexibility index (Phi) is 2.93. The van der Waals surface area contributed by atoms with Crippen molar-refractivity contribution in [2.45, 2.75) is 6.04 Å². The molecule has 1 aromatic carbocycles. The highest BCUT2D eigenvalue weighted by molar-refractivity contribution is 5.36. The topological polar surface area (TPSA) is 69.2 Å². The summed E-state index contributed by atoms with van der Waals surface area (Å²) in [4.78, 5) is 9.51. The molecule has 0 saturated heterocycles. The van der Waals surface area contributed by atoms with Gasteiger partial charge < -0.3 is 5.73 Å². The van der Waals surface area contributed by atoms with Gasteiger partial charge in [0.25, 0.3) is 0 Å². The fraction of sp³-hybridized carbons (Fsp3) is 0.111. The van der Waals surface area contributed by atoms with E-state index in [4.69, 9.17) is 5.73 Å². The summed E-state index contributed by atoms with van der Waals surface area (Å²) in [5, 5.41) is 10.3. The van der Waals surface area contributed by atoms with Gasteiger partial charge in [-0.25, -0.2) is 0 Å². The molecule has 74 valence electrons. The van der Waals surface area contributed by atoms with Crippen LogP contribution < -0.4 is 5.73 Å². The van der Waals surface area contributed by atoms with Gasteiger partial charge in [0.2, 0.25) is 5.82 Å². The monoisotopic (exact) mass is 196 g/mol. The van der Waals surface area contributed by atoms with Crippen molar-refractivity contribution in [3.63, 3.8) is 0 Å². The highest BCUT2D eigenvalue weighted by Crippen LogP contribution is 2.21. The van der Waals surface area contributed by atoms with E-state index in [1.54, 1.807) is 0 Å². The van der Waals surface area contributed by atoms with Gasteiger partial charge in [0.1, 0.15) is 0 Å². The van der Waals surface area contributed by atoms with Crippen LogP contribution in [-0.2, 0) is 0 Å². The van der Waals surface area contributed by atoms with E-state index in [2.05, 4.69) is 6.58 Å². The van der Waals surface area contributed by atoms with Crippen LogP contribution in [0.5, 0.6) is 0 Å². The van der Waals surface area contributed by atoms with Crippen molar-refractivity contribution in [3.8, 4) is 0 Å². The summed E-state index contributed by atoms with van der Waals surface area (Å²) in [6.07, 6.45) is 1.43. The molecule has 0 amide bonds. The van der Waals surface area contributed by atoms with Crippen LogP contribution in [0.4, 0.5) is 10.1 Å². The van der Waals surface area contributed by atoms with E-state index in [1.807, 2.05) is 0 Å². The fourth-order valence-electron chi connectivity index (χ4n) is 1.01. The van der Waals surface area contributed by atoms with Crippen molar-refractivity contribution in [2.75, 3.05) is 0 Å². The van der Waals surface area contributed by atoms with Crippen LogP contribution in [-0.4, -0.2) is 4.92 Å². The van der Waals surface area contributed by atoms with E-state index in [0.717, 1.165) is 12.1 Å². The third-order valence-electron chi connectivity index (χ3n) is 1.81. The SMILES string of the molecule is C=C[C@H](N)c1ccc([N+](=O)[O-])c(F)c1. The van der Waals surface area contributed by atoms with E-state index in [1.165, 1.54) is 12.1 Å². The van der Waals surface area contributed by atoms with Crippen molar-refractivity contribution < 1.29 is 9.31 Å². The maximum absolute atomic E-state index is 13.1. The molecule has 0 bridgehead atoms. The van der Waals surface area contributed by atoms with E-state index < -0.39 is 22.5 Å². The molecule has 0 unspecified atom stereocenters. The number of halogens is 1. The summed E-state index contributed by atoms with van der Waals surface area (Å²) in [7, 11) is 0. The van der Waals surface area contributed by atoms with Crippen LogP contribution in [0.15, 0.2) is 30.9 Å². The van der Waals surface area contributed by atoms with Gasteiger partial charge in [-0.05, 0) is 11.6 Å². The zero-order valence-corrected chi connectivity index (χ0v) is 7.31. The molecule has 0 saturated carbocycles. The highest BCUT2D eigenvalue weighted by Gasteiger charge is 2.14. The lowest BCUT2D eigenvalue weighted by molar-refractivity contribution is -0.387. The zero-order chi connectivity index (χ0) is 10.7. The molecule has 14 heavy (non-hydrogen) atoms. The molecule has 0 aliphatic heterocycles. The van der Waals surface area contributed by atoms with Crippen LogP contribution in [0.25, 0.3) is 0 Å². The van der Waals surface area contributed by atoms with Gasteiger partial charge in [0.05, 0.1) is 4.92 Å². The van der Waals surface area contributed by atoms with E-state index >= 15 is 0 Å². The molecular formula is C9H9FN2O2. The molecule has 0 aromatic heterocycles. The molecule has 2 N–H and O–H groups in total. The van der Waals surface area contributed by atoms with Crippen molar-refractivity contribution in [3.05, 3.63) is 52.3 Å². The van der Waals surface area contributed by atoms with Gasteiger partial charge in [-0.3, -0.25) is 10.1 Å². The Bertz CT molecular complexity index is 379. The molecule has 0 aliphatic carbocycles. The summed E-state index contributed by atoms with van der Waals surface area (Å²) in [5.41, 5.74) is 5.45. The molecule has 0 heterocycles. The first-order valence-electron chi connectivity index (χ1n) is 3.88. The summed E-state index contributed by atoms with van der Waals surface area (Å²) in [6, 6.07) is 3.04. The number of nitrogens with two attached hydrogens (primary N) is 1. The minimum absolute atomic E-state index is 0.461. The molecule has 1 aromatic rings. The lowest BCUT2D eigenvalue weighted by Crippen LogP contribution is -2.07. The second-order valence-electron chi connectivity index (χ2n) is 2.73. The van der Waals surface area contributed by atoms with Crippen LogP contribution in [0.3, 0.4) is 0 Å². The third-order valence-corrected chi connectivity index (χ3v) is 1.81. The Balaban J connectivity index is 3.12. The first kappa shape index (κ1) is 10.3. The first-order valence-corrected chi connectivity index (χ1v) is 3.88. The van der Waals surface area contributed by atoms with Crippen LogP contribution in [0.2, 0.25) is 0 Å². The fourth-order valence-corrected chi connectivity index (χ4v) is 1.01. The molecule has 0 fully saturated rings. The Morgan fingerprint density at radius 3 is 2.71 bits per heavy atom. The molecule has 0 radical (unpaired) electrons. The average Bonchev–Trinajstić information content (AvgIpc) is 2.15. The number of hydrogen-bond donors (Lipinski definition) is 1. The molecular weight excluding hydrogens is 187 g/mol. The van der Waals surface area contributed by atoms with Gasteiger partial charge in [-0.1, -0.05) is 12.1 Å². The number of rotatable bonds is 3. The van der Waals surface area contributed by atoms with Gasteiger partial charge in [0.15, 0.2) is 0 Å². The lowest BCUT2D eigenvalue weighted by Gasteiger charge is -2.05. The largest absolute Gasteiger partial charge is 0.321 e. The van der Waals surface area contributed by atoms with Gasteiger partial charge in [-0.15, -0.1) is 6.58 Å². The maximum Gasteiger partial charge on any atom is 0.304 e. The maximum atomic E-state index is 13.1. The molecule has 4 nitrogen and oxygen atoms in total. The number of nitro benzene ring substituents is 1. The summed E-state index contributed by atoms with van der Waals surface area (Å²) >= 11 is 0. The summed E-state index contributed by atoms with van der Waals surface area (Å²) in [5.74, 6) is -0.884. The van der Waals surface area contributed by atoms with Crippen LogP contribution in [0, 0.1) is 15.9 Å². The molecule has 0 aliphatic rings. The number of nitrogens with zero attached hydrogens (tertiary/aromatic N) is 1. The van der Waals surface area contributed by atoms with Crippen molar-refractivity contribution in [2.24, 2.45) is 5.73 Å². The third kappa shape index (κ3) is 1.94. The second kappa shape index (κ2) is 3.97. The van der Waals surface area contributed by atoms with Gasteiger partial charge in [0, 0.05) is 12.1 Å². The van der Waals surface area contributed by atoms with E-state index in [-0.39, 0.29) is 0 Å². The Labute approximate surface area is 80.0 Å². The Morgan fingerprint density at radius 2 is 2.29 bits per heavy atom. The summed E-state index contributed by atoms with van der Waals surface area (Å²) < 4.78 is 13.1. The standard InChI is InChI=1S/C9H9FN2O2/c1-2-8(11)6-3-4-9(12(13)14)7(10)5-6/h2-5,8H,1,11H2/t8-/m0/s1. The molecule has 1 atom stereocenters. The van der Waals surface area contributed by atoms with Crippen molar-refractivity contribution >= 4 is 5.69 Å². The number of nitro groups is 1. The van der Waals surface area contributed by atoms with Gasteiger partial charge >= 0.3 is 5.69 Å².